The Labute approximate surface area is 101 Å². The number of amides is 1. The van der Waals surface area contributed by atoms with Gasteiger partial charge in [0.15, 0.2) is 0 Å². The van der Waals surface area contributed by atoms with Crippen molar-refractivity contribution in [3.63, 3.8) is 0 Å². The Hall–Kier alpha value is -1.55. The maximum Gasteiger partial charge on any atom is 0.227 e. The minimum atomic E-state index is 0.124. The van der Waals surface area contributed by atoms with Gasteiger partial charge in [-0.1, -0.05) is 19.1 Å². The van der Waals surface area contributed by atoms with Crippen molar-refractivity contribution < 1.29 is 9.53 Å². The van der Waals surface area contributed by atoms with Crippen LogP contribution in [0.25, 0.3) is 0 Å². The zero-order valence-corrected chi connectivity index (χ0v) is 10.1. The van der Waals surface area contributed by atoms with Crippen molar-refractivity contribution >= 4 is 11.6 Å². The summed E-state index contributed by atoms with van der Waals surface area (Å²) in [5.41, 5.74) is 6.42. The zero-order chi connectivity index (χ0) is 12.3. The van der Waals surface area contributed by atoms with Crippen molar-refractivity contribution in [3.05, 3.63) is 24.3 Å². The summed E-state index contributed by atoms with van der Waals surface area (Å²) in [4.78, 5) is 13.9. The van der Waals surface area contributed by atoms with E-state index >= 15 is 0 Å². The summed E-state index contributed by atoms with van der Waals surface area (Å²) in [5, 5.41) is 0. The topological polar surface area (TPSA) is 55.6 Å². The number of carbonyl (C=O) groups excluding carboxylic acids is 1. The molecule has 1 amide bonds. The van der Waals surface area contributed by atoms with Crippen LogP contribution in [-0.4, -0.2) is 25.6 Å². The summed E-state index contributed by atoms with van der Waals surface area (Å²) in [6.07, 6.45) is 0.491. The highest BCUT2D eigenvalue weighted by molar-refractivity contribution is 5.95. The average molecular weight is 234 g/mol. The number of hydrogen-bond acceptors (Lipinski definition) is 3. The van der Waals surface area contributed by atoms with Crippen LogP contribution in [0, 0.1) is 5.92 Å². The molecule has 1 atom stereocenters. The Morgan fingerprint density at radius 1 is 1.53 bits per heavy atom. The van der Waals surface area contributed by atoms with Crippen LogP contribution in [0.5, 0.6) is 5.75 Å². The normalized spacial score (nSPS) is 16.0. The van der Waals surface area contributed by atoms with Gasteiger partial charge in [0.05, 0.1) is 12.2 Å². The molecule has 1 unspecified atom stereocenters. The number of para-hydroxylation sites is 2. The number of ether oxygens (including phenoxy) is 1. The highest BCUT2D eigenvalue weighted by Crippen LogP contribution is 2.31. The Kier molecular flexibility index (Phi) is 3.64. The Morgan fingerprint density at radius 3 is 3.06 bits per heavy atom. The first-order valence-electron chi connectivity index (χ1n) is 5.94. The number of rotatable bonds is 3. The predicted octanol–water partition coefficient (Wildman–Crippen LogP) is 1.40. The lowest BCUT2D eigenvalue weighted by Gasteiger charge is -2.30. The molecule has 4 heteroatoms. The van der Waals surface area contributed by atoms with Gasteiger partial charge in [-0.3, -0.25) is 4.79 Å². The summed E-state index contributed by atoms with van der Waals surface area (Å²) < 4.78 is 5.52. The van der Waals surface area contributed by atoms with Crippen LogP contribution in [0.15, 0.2) is 24.3 Å². The predicted molar refractivity (Wildman–Crippen MR) is 67.1 cm³/mol. The third-order valence-electron chi connectivity index (χ3n) is 2.96. The van der Waals surface area contributed by atoms with E-state index in [4.69, 9.17) is 10.5 Å². The third kappa shape index (κ3) is 2.58. The molecule has 0 saturated heterocycles. The summed E-state index contributed by atoms with van der Waals surface area (Å²) in [7, 11) is 0. The van der Waals surface area contributed by atoms with Crippen LogP contribution < -0.4 is 15.4 Å². The molecule has 0 fully saturated rings. The molecule has 1 aliphatic rings. The van der Waals surface area contributed by atoms with E-state index in [9.17, 15) is 4.79 Å². The van der Waals surface area contributed by atoms with Gasteiger partial charge in [-0.2, -0.15) is 0 Å². The van der Waals surface area contributed by atoms with Crippen molar-refractivity contribution in [2.45, 2.75) is 13.3 Å². The maximum absolute atomic E-state index is 12.1. The Balaban J connectivity index is 2.15. The van der Waals surface area contributed by atoms with E-state index in [1.807, 2.05) is 31.2 Å². The highest BCUT2D eigenvalue weighted by Gasteiger charge is 2.23. The first-order chi connectivity index (χ1) is 8.22. The van der Waals surface area contributed by atoms with Crippen LogP contribution in [-0.2, 0) is 4.79 Å². The van der Waals surface area contributed by atoms with E-state index in [0.717, 1.165) is 11.4 Å². The fraction of sp³-hybridized carbons (Fsp3) is 0.462. The fourth-order valence-electron chi connectivity index (χ4n) is 1.92. The van der Waals surface area contributed by atoms with E-state index in [2.05, 4.69) is 0 Å². The molecule has 0 radical (unpaired) electrons. The fourth-order valence-corrected chi connectivity index (χ4v) is 1.92. The highest BCUT2D eigenvalue weighted by atomic mass is 16.5. The van der Waals surface area contributed by atoms with E-state index in [1.54, 1.807) is 4.90 Å². The molecule has 1 aromatic carbocycles. The van der Waals surface area contributed by atoms with Crippen LogP contribution >= 0.6 is 0 Å². The van der Waals surface area contributed by atoms with Gasteiger partial charge in [0.2, 0.25) is 5.91 Å². The summed E-state index contributed by atoms with van der Waals surface area (Å²) in [6.45, 7) is 3.70. The van der Waals surface area contributed by atoms with Gasteiger partial charge in [0.25, 0.3) is 0 Å². The molecule has 1 heterocycles. The minimum absolute atomic E-state index is 0.124. The number of benzene rings is 1. The Morgan fingerprint density at radius 2 is 2.29 bits per heavy atom. The number of carbonyl (C=O) groups is 1. The monoisotopic (exact) mass is 234 g/mol. The zero-order valence-electron chi connectivity index (χ0n) is 10.1. The quantitative estimate of drug-likeness (QED) is 0.860. The van der Waals surface area contributed by atoms with Crippen LogP contribution in [0.2, 0.25) is 0 Å². The van der Waals surface area contributed by atoms with Crippen LogP contribution in [0.3, 0.4) is 0 Å². The molecule has 0 aliphatic carbocycles. The smallest absolute Gasteiger partial charge is 0.227 e. The van der Waals surface area contributed by atoms with E-state index in [1.165, 1.54) is 0 Å². The molecule has 0 bridgehead atoms. The number of nitrogens with zero attached hydrogens (tertiary/aromatic N) is 1. The van der Waals surface area contributed by atoms with Crippen molar-refractivity contribution in [1.29, 1.82) is 0 Å². The molecule has 0 aromatic heterocycles. The van der Waals surface area contributed by atoms with Crippen molar-refractivity contribution in [2.24, 2.45) is 11.7 Å². The van der Waals surface area contributed by atoms with Gasteiger partial charge in [0.1, 0.15) is 12.4 Å². The lowest BCUT2D eigenvalue weighted by Crippen LogP contribution is -2.39. The SMILES string of the molecule is CC(CN)CC(=O)N1CCOc2ccccc21. The molecule has 2 N–H and O–H groups in total. The van der Waals surface area contributed by atoms with Crippen molar-refractivity contribution in [2.75, 3.05) is 24.6 Å². The number of nitrogens with two attached hydrogens (primary N) is 1. The molecule has 4 nitrogen and oxygen atoms in total. The molecule has 1 aliphatic heterocycles. The molecule has 2 rings (SSSR count). The first-order valence-corrected chi connectivity index (χ1v) is 5.94. The molecule has 17 heavy (non-hydrogen) atoms. The molecule has 1 aromatic rings. The summed E-state index contributed by atoms with van der Waals surface area (Å²) in [6, 6.07) is 7.64. The molecular formula is C13H18N2O2. The number of fused-ring (bicyclic) bond motifs is 1. The average Bonchev–Trinajstić information content (AvgIpc) is 2.37. The minimum Gasteiger partial charge on any atom is -0.490 e. The summed E-state index contributed by atoms with van der Waals surface area (Å²) >= 11 is 0. The lowest BCUT2D eigenvalue weighted by atomic mass is 10.1. The number of anilines is 1. The van der Waals surface area contributed by atoms with Gasteiger partial charge >= 0.3 is 0 Å². The molecule has 92 valence electrons. The van der Waals surface area contributed by atoms with Gasteiger partial charge in [-0.05, 0) is 24.6 Å². The second kappa shape index (κ2) is 5.19. The van der Waals surface area contributed by atoms with Crippen molar-refractivity contribution in [1.82, 2.24) is 0 Å². The maximum atomic E-state index is 12.1. The van der Waals surface area contributed by atoms with Gasteiger partial charge < -0.3 is 15.4 Å². The molecule has 0 spiro atoms. The Bertz CT molecular complexity index is 406. The van der Waals surface area contributed by atoms with E-state index < -0.39 is 0 Å². The van der Waals surface area contributed by atoms with Gasteiger partial charge in [-0.25, -0.2) is 0 Å². The molecular weight excluding hydrogens is 216 g/mol. The first kappa shape index (κ1) is 11.9. The van der Waals surface area contributed by atoms with Crippen LogP contribution in [0.4, 0.5) is 5.69 Å². The second-order valence-corrected chi connectivity index (χ2v) is 4.41. The van der Waals surface area contributed by atoms with E-state index in [-0.39, 0.29) is 11.8 Å². The standard InChI is InChI=1S/C13H18N2O2/c1-10(9-14)8-13(16)15-6-7-17-12-5-3-2-4-11(12)15/h2-5,10H,6-9,14H2,1H3. The van der Waals surface area contributed by atoms with Crippen molar-refractivity contribution in [3.8, 4) is 5.75 Å². The molecule has 0 saturated carbocycles. The third-order valence-corrected chi connectivity index (χ3v) is 2.96. The number of hydrogen-bond donors (Lipinski definition) is 1. The lowest BCUT2D eigenvalue weighted by molar-refractivity contribution is -0.119. The van der Waals surface area contributed by atoms with Gasteiger partial charge in [-0.15, -0.1) is 0 Å². The van der Waals surface area contributed by atoms with E-state index in [0.29, 0.717) is 26.1 Å². The summed E-state index contributed by atoms with van der Waals surface area (Å²) in [5.74, 6) is 1.13. The van der Waals surface area contributed by atoms with Gasteiger partial charge in [0, 0.05) is 6.42 Å². The largest absolute Gasteiger partial charge is 0.490 e. The van der Waals surface area contributed by atoms with Crippen LogP contribution in [0.1, 0.15) is 13.3 Å². The second-order valence-electron chi connectivity index (χ2n) is 4.41.